The van der Waals surface area contributed by atoms with Gasteiger partial charge in [0, 0.05) is 5.02 Å². The summed E-state index contributed by atoms with van der Waals surface area (Å²) in [4.78, 5) is 0. The maximum absolute atomic E-state index is 5.76. The second kappa shape index (κ2) is 3.52. The van der Waals surface area contributed by atoms with Crippen LogP contribution in [0.5, 0.6) is 0 Å². The number of hydrogen-bond acceptors (Lipinski definition) is 2. The van der Waals surface area contributed by atoms with E-state index in [1.165, 1.54) is 0 Å². The Morgan fingerprint density at radius 1 is 1.23 bits per heavy atom. The number of nitrogens with zero attached hydrogens (tertiary/aromatic N) is 1. The van der Waals surface area contributed by atoms with Crippen molar-refractivity contribution in [1.29, 1.82) is 0 Å². The minimum absolute atomic E-state index is 0.634. The molecule has 13 heavy (non-hydrogen) atoms. The average Bonchev–Trinajstić information content (AvgIpc) is 2.53. The zero-order valence-electron chi connectivity index (χ0n) is 6.50. The Hall–Kier alpha value is -0.800. The summed E-state index contributed by atoms with van der Waals surface area (Å²) in [5, 5.41) is 4.38. The maximum Gasteiger partial charge on any atom is 0.209 e. The van der Waals surface area contributed by atoms with Crippen molar-refractivity contribution in [1.82, 2.24) is 5.16 Å². The Balaban J connectivity index is 2.47. The molecule has 0 atom stereocenters. The molecule has 2 aromatic rings. The lowest BCUT2D eigenvalue weighted by molar-refractivity contribution is 0.400. The van der Waals surface area contributed by atoms with Crippen LogP contribution in [0.4, 0.5) is 0 Å². The highest BCUT2D eigenvalue weighted by molar-refractivity contribution is 9.10. The predicted molar refractivity (Wildman–Crippen MR) is 54.6 cm³/mol. The number of benzene rings is 1. The summed E-state index contributed by atoms with van der Waals surface area (Å²) < 4.78 is 5.52. The van der Waals surface area contributed by atoms with Crippen LogP contribution in [-0.2, 0) is 0 Å². The van der Waals surface area contributed by atoms with Crippen LogP contribution in [0, 0.1) is 0 Å². The molecule has 66 valence electrons. The molecule has 0 fully saturated rings. The van der Waals surface area contributed by atoms with Crippen LogP contribution < -0.4 is 0 Å². The monoisotopic (exact) mass is 257 g/mol. The Kier molecular flexibility index (Phi) is 2.38. The quantitative estimate of drug-likeness (QED) is 0.778. The van der Waals surface area contributed by atoms with E-state index < -0.39 is 0 Å². The first kappa shape index (κ1) is 8.78. The van der Waals surface area contributed by atoms with Gasteiger partial charge in [-0.1, -0.05) is 28.9 Å². The first-order valence-corrected chi connectivity index (χ1v) is 4.80. The Bertz CT molecular complexity index is 410. The van der Waals surface area contributed by atoms with Gasteiger partial charge in [0.05, 0.1) is 11.8 Å². The van der Waals surface area contributed by atoms with E-state index in [4.69, 9.17) is 16.1 Å². The van der Waals surface area contributed by atoms with Crippen molar-refractivity contribution < 1.29 is 4.52 Å². The number of halogens is 2. The topological polar surface area (TPSA) is 26.0 Å². The average molecular weight is 259 g/mol. The van der Waals surface area contributed by atoms with E-state index in [1.807, 2.05) is 24.3 Å². The first-order chi connectivity index (χ1) is 6.27. The smallest absolute Gasteiger partial charge is 0.209 e. The molecule has 4 heteroatoms. The van der Waals surface area contributed by atoms with Crippen LogP contribution in [0.25, 0.3) is 11.1 Å². The highest BCUT2D eigenvalue weighted by Crippen LogP contribution is 2.28. The Labute approximate surface area is 88.6 Å². The van der Waals surface area contributed by atoms with Crippen molar-refractivity contribution in [2.24, 2.45) is 0 Å². The summed E-state index contributed by atoms with van der Waals surface area (Å²) >= 11 is 9.02. The van der Waals surface area contributed by atoms with Crippen molar-refractivity contribution in [2.75, 3.05) is 0 Å². The molecular weight excluding hydrogens is 253 g/mol. The van der Waals surface area contributed by atoms with Crippen molar-refractivity contribution in [3.05, 3.63) is 40.2 Å². The molecule has 0 N–H and O–H groups in total. The Morgan fingerprint density at radius 3 is 2.46 bits per heavy atom. The Morgan fingerprint density at radius 2 is 1.92 bits per heavy atom. The fourth-order valence-corrected chi connectivity index (χ4v) is 1.58. The number of aromatic nitrogens is 1. The van der Waals surface area contributed by atoms with E-state index in [2.05, 4.69) is 21.1 Å². The SMILES string of the molecule is Clc1ccc(-c2cnoc2Br)cc1. The second-order valence-corrected chi connectivity index (χ2v) is 3.68. The zero-order valence-corrected chi connectivity index (χ0v) is 8.84. The maximum atomic E-state index is 5.76. The molecule has 2 rings (SSSR count). The highest BCUT2D eigenvalue weighted by atomic mass is 79.9. The van der Waals surface area contributed by atoms with Crippen LogP contribution in [0.15, 0.2) is 39.7 Å². The molecule has 0 saturated heterocycles. The normalized spacial score (nSPS) is 10.3. The van der Waals surface area contributed by atoms with Gasteiger partial charge in [0.15, 0.2) is 0 Å². The van der Waals surface area contributed by atoms with Gasteiger partial charge in [-0.25, -0.2) is 0 Å². The minimum atomic E-state index is 0.634. The van der Waals surface area contributed by atoms with Crippen LogP contribution in [0.1, 0.15) is 0 Å². The summed E-state index contributed by atoms with van der Waals surface area (Å²) in [7, 11) is 0. The third-order valence-electron chi connectivity index (χ3n) is 1.68. The van der Waals surface area contributed by atoms with E-state index >= 15 is 0 Å². The lowest BCUT2D eigenvalue weighted by Gasteiger charge is -1.96. The van der Waals surface area contributed by atoms with Crippen molar-refractivity contribution >= 4 is 27.5 Å². The molecule has 1 heterocycles. The van der Waals surface area contributed by atoms with Gasteiger partial charge in [0.25, 0.3) is 0 Å². The van der Waals surface area contributed by atoms with Gasteiger partial charge in [-0.05, 0) is 33.6 Å². The molecular formula is C9H5BrClNO. The van der Waals surface area contributed by atoms with Gasteiger partial charge in [0.2, 0.25) is 4.67 Å². The zero-order chi connectivity index (χ0) is 9.26. The van der Waals surface area contributed by atoms with Gasteiger partial charge in [-0.3, -0.25) is 0 Å². The summed E-state index contributed by atoms with van der Waals surface area (Å²) in [6, 6.07) is 7.49. The third kappa shape index (κ3) is 1.76. The largest absolute Gasteiger partial charge is 0.349 e. The lowest BCUT2D eigenvalue weighted by atomic mass is 10.1. The molecule has 0 aliphatic rings. The molecule has 0 amide bonds. The van der Waals surface area contributed by atoms with Crippen molar-refractivity contribution in [3.8, 4) is 11.1 Å². The second-order valence-electron chi connectivity index (χ2n) is 2.52. The van der Waals surface area contributed by atoms with E-state index in [-0.39, 0.29) is 0 Å². The fraction of sp³-hybridized carbons (Fsp3) is 0. The summed E-state index contributed by atoms with van der Waals surface area (Å²) in [5.41, 5.74) is 1.95. The molecule has 0 radical (unpaired) electrons. The molecule has 0 aliphatic carbocycles. The van der Waals surface area contributed by atoms with E-state index in [9.17, 15) is 0 Å². The summed E-state index contributed by atoms with van der Waals surface area (Å²) in [6.07, 6.45) is 1.66. The molecule has 0 unspecified atom stereocenters. The van der Waals surface area contributed by atoms with Crippen LogP contribution in [-0.4, -0.2) is 5.16 Å². The van der Waals surface area contributed by atoms with Gasteiger partial charge in [-0.15, -0.1) is 0 Å². The van der Waals surface area contributed by atoms with Crippen molar-refractivity contribution in [3.63, 3.8) is 0 Å². The molecule has 0 saturated carbocycles. The van der Waals surface area contributed by atoms with Gasteiger partial charge < -0.3 is 4.52 Å². The first-order valence-electron chi connectivity index (χ1n) is 3.63. The predicted octanol–water partition coefficient (Wildman–Crippen LogP) is 3.76. The standard InChI is InChI=1S/C9H5BrClNO/c10-9-8(5-12-13-9)6-1-3-7(11)4-2-6/h1-5H. The fourth-order valence-electron chi connectivity index (χ4n) is 1.04. The van der Waals surface area contributed by atoms with E-state index in [1.54, 1.807) is 6.20 Å². The molecule has 1 aromatic heterocycles. The highest BCUT2D eigenvalue weighted by Gasteiger charge is 2.06. The molecule has 1 aromatic carbocycles. The van der Waals surface area contributed by atoms with Gasteiger partial charge in [-0.2, -0.15) is 0 Å². The van der Waals surface area contributed by atoms with E-state index in [0.29, 0.717) is 4.67 Å². The summed E-state index contributed by atoms with van der Waals surface area (Å²) in [5.74, 6) is 0. The third-order valence-corrected chi connectivity index (χ3v) is 2.51. The molecule has 0 aliphatic heterocycles. The van der Waals surface area contributed by atoms with Crippen LogP contribution in [0.3, 0.4) is 0 Å². The summed E-state index contributed by atoms with van der Waals surface area (Å²) in [6.45, 7) is 0. The molecule has 0 bridgehead atoms. The van der Waals surface area contributed by atoms with Crippen LogP contribution in [0.2, 0.25) is 5.02 Å². The van der Waals surface area contributed by atoms with Crippen molar-refractivity contribution in [2.45, 2.75) is 0 Å². The van der Waals surface area contributed by atoms with E-state index in [0.717, 1.165) is 16.1 Å². The lowest BCUT2D eigenvalue weighted by Crippen LogP contribution is -1.73. The molecule has 2 nitrogen and oxygen atoms in total. The van der Waals surface area contributed by atoms with Gasteiger partial charge in [0.1, 0.15) is 0 Å². The molecule has 0 spiro atoms. The van der Waals surface area contributed by atoms with Crippen LogP contribution >= 0.6 is 27.5 Å². The van der Waals surface area contributed by atoms with Gasteiger partial charge >= 0.3 is 0 Å². The number of rotatable bonds is 1. The minimum Gasteiger partial charge on any atom is -0.349 e. The number of hydrogen-bond donors (Lipinski definition) is 0.